The monoisotopic (exact) mass is 300 g/mol. The average molecular weight is 301 g/mol. The molecule has 0 radical (unpaired) electrons. The predicted molar refractivity (Wildman–Crippen MR) is 71.7 cm³/mol. The van der Waals surface area contributed by atoms with Gasteiger partial charge < -0.3 is 5.32 Å². The minimum Gasteiger partial charge on any atom is -0.314 e. The fourth-order valence-corrected chi connectivity index (χ4v) is 2.73. The maximum atomic E-state index is 13.7. The fraction of sp³-hybridized carbons (Fsp3) is 0.538. The zero-order chi connectivity index (χ0) is 12.4. The molecule has 0 amide bonds. The Morgan fingerprint density at radius 2 is 2.00 bits per heavy atom. The van der Waals surface area contributed by atoms with Crippen molar-refractivity contribution in [1.29, 1.82) is 0 Å². The van der Waals surface area contributed by atoms with Crippen molar-refractivity contribution < 1.29 is 4.39 Å². The van der Waals surface area contributed by atoms with Crippen molar-refractivity contribution in [2.24, 2.45) is 0 Å². The molecule has 17 heavy (non-hydrogen) atoms. The van der Waals surface area contributed by atoms with Crippen molar-refractivity contribution in [3.63, 3.8) is 0 Å². The molecule has 1 aromatic rings. The van der Waals surface area contributed by atoms with Crippen molar-refractivity contribution in [2.75, 3.05) is 26.2 Å². The summed E-state index contributed by atoms with van der Waals surface area (Å²) in [5.41, 5.74) is 3.30. The second-order valence-electron chi connectivity index (χ2n) is 4.62. The molecule has 0 bridgehead atoms. The highest BCUT2D eigenvalue weighted by Crippen LogP contribution is 2.27. The zero-order valence-corrected chi connectivity index (χ0v) is 11.9. The van der Waals surface area contributed by atoms with E-state index >= 15 is 0 Å². The third kappa shape index (κ3) is 2.87. The van der Waals surface area contributed by atoms with Crippen LogP contribution >= 0.6 is 15.9 Å². The summed E-state index contributed by atoms with van der Waals surface area (Å²) < 4.78 is 14.3. The molecular formula is C13H18BrFN2. The second-order valence-corrected chi connectivity index (χ2v) is 5.41. The van der Waals surface area contributed by atoms with Crippen LogP contribution in [0.25, 0.3) is 0 Å². The summed E-state index contributed by atoms with van der Waals surface area (Å²) in [6.07, 6.45) is 0. The van der Waals surface area contributed by atoms with Crippen molar-refractivity contribution in [3.8, 4) is 0 Å². The van der Waals surface area contributed by atoms with E-state index in [-0.39, 0.29) is 5.82 Å². The Balaban J connectivity index is 2.24. The van der Waals surface area contributed by atoms with E-state index in [1.54, 1.807) is 6.07 Å². The Morgan fingerprint density at radius 3 is 2.65 bits per heavy atom. The Hall–Kier alpha value is -0.450. The Bertz CT molecular complexity index is 388. The van der Waals surface area contributed by atoms with Crippen LogP contribution in [0, 0.1) is 19.7 Å². The predicted octanol–water partition coefficient (Wildman–Crippen LogP) is 2.61. The highest BCUT2D eigenvalue weighted by atomic mass is 79.9. The van der Waals surface area contributed by atoms with Crippen LogP contribution in [0.5, 0.6) is 0 Å². The third-order valence-corrected chi connectivity index (χ3v) is 4.31. The smallest absolute Gasteiger partial charge is 0.137 e. The van der Waals surface area contributed by atoms with Crippen LogP contribution < -0.4 is 5.32 Å². The highest BCUT2D eigenvalue weighted by molar-refractivity contribution is 9.10. The van der Waals surface area contributed by atoms with Gasteiger partial charge in [-0.1, -0.05) is 0 Å². The molecule has 1 aliphatic rings. The van der Waals surface area contributed by atoms with Gasteiger partial charge >= 0.3 is 0 Å². The van der Waals surface area contributed by atoms with Gasteiger partial charge in [0.05, 0.1) is 4.47 Å². The number of halogens is 2. The standard InChI is InChI=1S/C13H18BrFN2/c1-9-7-12(15)13(14)11(10(9)2)8-17-5-3-16-4-6-17/h7,16H,3-6,8H2,1-2H3. The number of hydrogen-bond donors (Lipinski definition) is 1. The van der Waals surface area contributed by atoms with Crippen molar-refractivity contribution in [3.05, 3.63) is 33.0 Å². The van der Waals surface area contributed by atoms with Gasteiger partial charge in [-0.15, -0.1) is 0 Å². The van der Waals surface area contributed by atoms with Gasteiger partial charge in [0, 0.05) is 32.7 Å². The second kappa shape index (κ2) is 5.46. The van der Waals surface area contributed by atoms with Gasteiger partial charge in [0.15, 0.2) is 0 Å². The Kier molecular flexibility index (Phi) is 4.17. The van der Waals surface area contributed by atoms with E-state index in [9.17, 15) is 4.39 Å². The van der Waals surface area contributed by atoms with Gasteiger partial charge in [-0.25, -0.2) is 4.39 Å². The molecule has 1 saturated heterocycles. The van der Waals surface area contributed by atoms with Crippen LogP contribution in [-0.4, -0.2) is 31.1 Å². The molecule has 0 saturated carbocycles. The van der Waals surface area contributed by atoms with E-state index in [4.69, 9.17) is 0 Å². The first kappa shape index (κ1) is 13.0. The molecule has 0 aromatic heterocycles. The van der Waals surface area contributed by atoms with E-state index in [1.165, 1.54) is 5.56 Å². The normalized spacial score (nSPS) is 17.4. The SMILES string of the molecule is Cc1cc(F)c(Br)c(CN2CCNCC2)c1C. The first-order chi connectivity index (χ1) is 8.09. The first-order valence-electron chi connectivity index (χ1n) is 5.96. The molecule has 0 unspecified atom stereocenters. The molecule has 0 aliphatic carbocycles. The summed E-state index contributed by atoms with van der Waals surface area (Å²) in [5.74, 6) is -0.154. The molecular weight excluding hydrogens is 283 g/mol. The summed E-state index contributed by atoms with van der Waals surface area (Å²) >= 11 is 3.37. The summed E-state index contributed by atoms with van der Waals surface area (Å²) in [6.45, 7) is 8.95. The lowest BCUT2D eigenvalue weighted by atomic mass is 10.0. The topological polar surface area (TPSA) is 15.3 Å². The zero-order valence-electron chi connectivity index (χ0n) is 10.3. The van der Waals surface area contributed by atoms with Gasteiger partial charge in [-0.2, -0.15) is 0 Å². The van der Waals surface area contributed by atoms with Gasteiger partial charge in [0.1, 0.15) is 5.82 Å². The molecule has 1 aromatic carbocycles. The van der Waals surface area contributed by atoms with Gasteiger partial charge in [0.2, 0.25) is 0 Å². The van der Waals surface area contributed by atoms with E-state index in [2.05, 4.69) is 33.1 Å². The minimum absolute atomic E-state index is 0.154. The van der Waals surface area contributed by atoms with E-state index in [0.717, 1.165) is 43.9 Å². The minimum atomic E-state index is -0.154. The molecule has 1 heterocycles. The van der Waals surface area contributed by atoms with Crippen molar-refractivity contribution >= 4 is 15.9 Å². The molecule has 1 aliphatic heterocycles. The summed E-state index contributed by atoms with van der Waals surface area (Å²) in [7, 11) is 0. The van der Waals surface area contributed by atoms with Crippen LogP contribution in [0.15, 0.2) is 10.5 Å². The van der Waals surface area contributed by atoms with Crippen LogP contribution in [0.2, 0.25) is 0 Å². The largest absolute Gasteiger partial charge is 0.314 e. The fourth-order valence-electron chi connectivity index (χ4n) is 2.19. The number of aryl methyl sites for hydroxylation is 1. The van der Waals surface area contributed by atoms with Crippen LogP contribution in [0.4, 0.5) is 4.39 Å². The van der Waals surface area contributed by atoms with Crippen LogP contribution in [0.3, 0.4) is 0 Å². The number of piperazine rings is 1. The summed E-state index contributed by atoms with van der Waals surface area (Å²) in [6, 6.07) is 1.60. The summed E-state index contributed by atoms with van der Waals surface area (Å²) in [4.78, 5) is 2.36. The molecule has 4 heteroatoms. The molecule has 1 N–H and O–H groups in total. The van der Waals surface area contributed by atoms with Gasteiger partial charge in [-0.05, 0) is 52.5 Å². The van der Waals surface area contributed by atoms with E-state index < -0.39 is 0 Å². The third-order valence-electron chi connectivity index (χ3n) is 3.45. The number of nitrogens with zero attached hydrogens (tertiary/aromatic N) is 1. The van der Waals surface area contributed by atoms with Crippen LogP contribution in [0.1, 0.15) is 16.7 Å². The lowest BCUT2D eigenvalue weighted by Crippen LogP contribution is -2.43. The molecule has 0 atom stereocenters. The van der Waals surface area contributed by atoms with Crippen molar-refractivity contribution in [2.45, 2.75) is 20.4 Å². The molecule has 1 fully saturated rings. The van der Waals surface area contributed by atoms with E-state index in [1.807, 2.05) is 6.92 Å². The lowest BCUT2D eigenvalue weighted by Gasteiger charge is -2.28. The molecule has 2 nitrogen and oxygen atoms in total. The number of benzene rings is 1. The first-order valence-corrected chi connectivity index (χ1v) is 6.76. The van der Waals surface area contributed by atoms with Gasteiger partial charge in [-0.3, -0.25) is 4.90 Å². The number of nitrogens with one attached hydrogen (secondary N) is 1. The molecule has 0 spiro atoms. The number of hydrogen-bond acceptors (Lipinski definition) is 2. The lowest BCUT2D eigenvalue weighted by molar-refractivity contribution is 0.232. The Morgan fingerprint density at radius 1 is 1.35 bits per heavy atom. The highest BCUT2D eigenvalue weighted by Gasteiger charge is 2.16. The number of rotatable bonds is 2. The summed E-state index contributed by atoms with van der Waals surface area (Å²) in [5, 5.41) is 3.33. The Labute approximate surface area is 110 Å². The van der Waals surface area contributed by atoms with E-state index in [0.29, 0.717) is 4.47 Å². The maximum absolute atomic E-state index is 13.7. The molecule has 2 rings (SSSR count). The average Bonchev–Trinajstić information content (AvgIpc) is 2.33. The van der Waals surface area contributed by atoms with Crippen LogP contribution in [-0.2, 0) is 6.54 Å². The maximum Gasteiger partial charge on any atom is 0.137 e. The quantitative estimate of drug-likeness (QED) is 0.903. The van der Waals surface area contributed by atoms with Gasteiger partial charge in [0.25, 0.3) is 0 Å². The van der Waals surface area contributed by atoms with Crippen molar-refractivity contribution in [1.82, 2.24) is 10.2 Å². The molecule has 94 valence electrons.